The number of methoxy groups -OCH3 is 2. The Morgan fingerprint density at radius 2 is 1.86 bits per heavy atom. The summed E-state index contributed by atoms with van der Waals surface area (Å²) in [6, 6.07) is 10.3. The van der Waals surface area contributed by atoms with Gasteiger partial charge in [-0.25, -0.2) is 4.39 Å². The van der Waals surface area contributed by atoms with Crippen LogP contribution in [0, 0.1) is 5.82 Å². The number of rotatable bonds is 9. The quantitative estimate of drug-likeness (QED) is 0.437. The maximum atomic E-state index is 13.4. The van der Waals surface area contributed by atoms with Gasteiger partial charge >= 0.3 is 5.97 Å². The average Bonchev–Trinajstić information content (AvgIpc) is 3.11. The number of carbonyl (C=O) groups is 1. The highest BCUT2D eigenvalue weighted by Gasteiger charge is 2.09. The van der Waals surface area contributed by atoms with Crippen LogP contribution in [0.5, 0.6) is 11.5 Å². The summed E-state index contributed by atoms with van der Waals surface area (Å²) in [4.78, 5) is 15.1. The van der Waals surface area contributed by atoms with E-state index >= 15 is 0 Å². The summed E-state index contributed by atoms with van der Waals surface area (Å²) in [5, 5.41) is 0.875. The molecule has 0 fully saturated rings. The molecule has 0 radical (unpaired) electrons. The van der Waals surface area contributed by atoms with Crippen molar-refractivity contribution in [2.24, 2.45) is 0 Å². The zero-order valence-electron chi connectivity index (χ0n) is 16.1. The molecule has 0 aliphatic heterocycles. The minimum absolute atomic E-state index is 0.236. The van der Waals surface area contributed by atoms with E-state index in [1.165, 1.54) is 12.1 Å². The predicted octanol–water partition coefficient (Wildman–Crippen LogP) is 4.43. The second kappa shape index (κ2) is 9.26. The summed E-state index contributed by atoms with van der Waals surface area (Å²) >= 11 is 0. The topological polar surface area (TPSA) is 60.5 Å². The van der Waals surface area contributed by atoms with Crippen LogP contribution in [0.15, 0.2) is 42.6 Å². The molecule has 0 saturated carbocycles. The predicted molar refractivity (Wildman–Crippen MR) is 105 cm³/mol. The van der Waals surface area contributed by atoms with E-state index in [2.05, 4.69) is 4.98 Å². The number of aromatic amines is 1. The van der Waals surface area contributed by atoms with Crippen molar-refractivity contribution in [2.45, 2.75) is 25.7 Å². The molecule has 0 aliphatic carbocycles. The van der Waals surface area contributed by atoms with Crippen molar-refractivity contribution in [2.75, 3.05) is 20.8 Å². The fourth-order valence-electron chi connectivity index (χ4n) is 3.16. The number of nitrogens with one attached hydrogen (secondary N) is 1. The highest BCUT2D eigenvalue weighted by molar-refractivity contribution is 5.83. The molecular weight excluding hydrogens is 361 g/mol. The smallest absolute Gasteiger partial charge is 0.306 e. The molecule has 1 N–H and O–H groups in total. The van der Waals surface area contributed by atoms with Gasteiger partial charge in [0, 0.05) is 23.5 Å². The molecule has 0 spiro atoms. The van der Waals surface area contributed by atoms with Crippen molar-refractivity contribution in [1.29, 1.82) is 0 Å². The van der Waals surface area contributed by atoms with E-state index in [4.69, 9.17) is 14.2 Å². The Hall–Kier alpha value is -3.02. The summed E-state index contributed by atoms with van der Waals surface area (Å²) in [6.07, 6.45) is 4.15. The molecule has 0 amide bonds. The van der Waals surface area contributed by atoms with Gasteiger partial charge in [0.1, 0.15) is 5.82 Å². The van der Waals surface area contributed by atoms with Crippen molar-refractivity contribution in [1.82, 2.24) is 4.98 Å². The van der Waals surface area contributed by atoms with Crippen molar-refractivity contribution in [3.05, 3.63) is 59.5 Å². The minimum Gasteiger partial charge on any atom is -0.493 e. The number of benzene rings is 2. The van der Waals surface area contributed by atoms with Gasteiger partial charge in [-0.3, -0.25) is 4.79 Å². The SMILES string of the molecule is COc1ccc(CCC(=O)OCCCc2c[nH]c3ccc(F)cc23)cc1OC. The van der Waals surface area contributed by atoms with Crippen molar-refractivity contribution in [3.63, 3.8) is 0 Å². The van der Waals surface area contributed by atoms with Crippen LogP contribution in [0.25, 0.3) is 10.9 Å². The first-order valence-electron chi connectivity index (χ1n) is 9.22. The van der Waals surface area contributed by atoms with Crippen LogP contribution in [-0.2, 0) is 22.4 Å². The van der Waals surface area contributed by atoms with Gasteiger partial charge in [0.2, 0.25) is 0 Å². The van der Waals surface area contributed by atoms with E-state index in [0.29, 0.717) is 43.8 Å². The highest BCUT2D eigenvalue weighted by Crippen LogP contribution is 2.28. The zero-order valence-corrected chi connectivity index (χ0v) is 16.1. The summed E-state index contributed by atoms with van der Waals surface area (Å²) in [6.45, 7) is 0.340. The number of ether oxygens (including phenoxy) is 3. The van der Waals surface area contributed by atoms with Gasteiger partial charge < -0.3 is 19.2 Å². The largest absolute Gasteiger partial charge is 0.493 e. The molecular formula is C22H24FNO4. The number of hydrogen-bond acceptors (Lipinski definition) is 4. The second-order valence-corrected chi connectivity index (χ2v) is 6.52. The Labute approximate surface area is 163 Å². The van der Waals surface area contributed by atoms with Gasteiger partial charge in [0.05, 0.1) is 20.8 Å². The molecule has 1 heterocycles. The van der Waals surface area contributed by atoms with E-state index in [9.17, 15) is 9.18 Å². The van der Waals surface area contributed by atoms with Crippen LogP contribution >= 0.6 is 0 Å². The van der Waals surface area contributed by atoms with Gasteiger partial charge in [0.15, 0.2) is 11.5 Å². The number of carbonyl (C=O) groups excluding carboxylic acids is 1. The molecule has 0 atom stereocenters. The first-order valence-corrected chi connectivity index (χ1v) is 9.22. The fraction of sp³-hybridized carbons (Fsp3) is 0.318. The molecule has 148 valence electrons. The summed E-state index contributed by atoms with van der Waals surface area (Å²) < 4.78 is 29.2. The van der Waals surface area contributed by atoms with Crippen LogP contribution in [0.4, 0.5) is 4.39 Å². The van der Waals surface area contributed by atoms with Crippen molar-refractivity contribution >= 4 is 16.9 Å². The summed E-state index contributed by atoms with van der Waals surface area (Å²) in [5.74, 6) is 0.809. The zero-order chi connectivity index (χ0) is 19.9. The van der Waals surface area contributed by atoms with E-state index < -0.39 is 0 Å². The van der Waals surface area contributed by atoms with Crippen LogP contribution in [-0.4, -0.2) is 31.8 Å². The van der Waals surface area contributed by atoms with E-state index in [1.54, 1.807) is 20.3 Å². The van der Waals surface area contributed by atoms with Crippen LogP contribution in [0.1, 0.15) is 24.0 Å². The maximum absolute atomic E-state index is 13.4. The fourth-order valence-corrected chi connectivity index (χ4v) is 3.16. The first-order chi connectivity index (χ1) is 13.6. The standard InChI is InChI=1S/C22H24FNO4/c1-26-20-9-5-15(12-21(20)27-2)6-10-22(25)28-11-3-4-16-14-24-19-8-7-17(23)13-18(16)19/h5,7-9,12-14,24H,3-4,6,10-11H2,1-2H3. The minimum atomic E-state index is -0.255. The molecule has 28 heavy (non-hydrogen) atoms. The van der Waals surface area contributed by atoms with Crippen molar-refractivity contribution in [3.8, 4) is 11.5 Å². The monoisotopic (exact) mass is 385 g/mol. The first kappa shape index (κ1) is 19.7. The van der Waals surface area contributed by atoms with Crippen LogP contribution in [0.2, 0.25) is 0 Å². The van der Waals surface area contributed by atoms with E-state index in [0.717, 1.165) is 22.0 Å². The third kappa shape index (κ3) is 4.82. The normalized spacial score (nSPS) is 10.8. The molecule has 3 aromatic rings. The Morgan fingerprint density at radius 3 is 2.64 bits per heavy atom. The number of aromatic nitrogens is 1. The lowest BCUT2D eigenvalue weighted by atomic mass is 10.1. The highest BCUT2D eigenvalue weighted by atomic mass is 19.1. The molecule has 0 unspecified atom stereocenters. The van der Waals surface area contributed by atoms with Gasteiger partial charge in [0.25, 0.3) is 0 Å². The van der Waals surface area contributed by atoms with Crippen LogP contribution < -0.4 is 9.47 Å². The lowest BCUT2D eigenvalue weighted by Crippen LogP contribution is -2.07. The Kier molecular flexibility index (Phi) is 6.53. The van der Waals surface area contributed by atoms with E-state index in [-0.39, 0.29) is 11.8 Å². The third-order valence-corrected chi connectivity index (χ3v) is 4.65. The van der Waals surface area contributed by atoms with Crippen molar-refractivity contribution < 1.29 is 23.4 Å². The van der Waals surface area contributed by atoms with Gasteiger partial charge in [-0.2, -0.15) is 0 Å². The third-order valence-electron chi connectivity index (χ3n) is 4.65. The molecule has 6 heteroatoms. The number of H-pyrrole nitrogens is 1. The number of halogens is 1. The van der Waals surface area contributed by atoms with Gasteiger partial charge in [-0.1, -0.05) is 6.07 Å². The molecule has 0 aliphatic rings. The second-order valence-electron chi connectivity index (χ2n) is 6.52. The number of esters is 1. The summed E-state index contributed by atoms with van der Waals surface area (Å²) in [5.41, 5.74) is 2.91. The van der Waals surface area contributed by atoms with E-state index in [1.807, 2.05) is 24.4 Å². The lowest BCUT2D eigenvalue weighted by molar-refractivity contribution is -0.143. The van der Waals surface area contributed by atoms with Crippen LogP contribution in [0.3, 0.4) is 0 Å². The number of aryl methyl sites for hydroxylation is 2. The molecule has 0 saturated heterocycles. The lowest BCUT2D eigenvalue weighted by Gasteiger charge is -2.09. The number of fused-ring (bicyclic) bond motifs is 1. The molecule has 1 aromatic heterocycles. The Morgan fingerprint density at radius 1 is 1.04 bits per heavy atom. The van der Waals surface area contributed by atoms with Gasteiger partial charge in [-0.05, 0) is 60.7 Å². The molecule has 0 bridgehead atoms. The Bertz CT molecular complexity index is 951. The number of hydrogen-bond donors (Lipinski definition) is 1. The Balaban J connectivity index is 1.43. The van der Waals surface area contributed by atoms with Gasteiger partial charge in [-0.15, -0.1) is 0 Å². The molecule has 5 nitrogen and oxygen atoms in total. The summed E-state index contributed by atoms with van der Waals surface area (Å²) in [7, 11) is 3.17. The molecule has 3 rings (SSSR count). The molecule has 2 aromatic carbocycles. The maximum Gasteiger partial charge on any atom is 0.306 e. The average molecular weight is 385 g/mol.